The van der Waals surface area contributed by atoms with Crippen molar-refractivity contribution in [2.24, 2.45) is 4.99 Å². The van der Waals surface area contributed by atoms with Crippen LogP contribution in [-0.2, 0) is 4.79 Å². The van der Waals surface area contributed by atoms with Gasteiger partial charge in [-0.1, -0.05) is 42.5 Å². The van der Waals surface area contributed by atoms with Crippen LogP contribution < -0.4 is 4.90 Å². The lowest BCUT2D eigenvalue weighted by atomic mass is 10.0. The van der Waals surface area contributed by atoms with Crippen LogP contribution in [0.3, 0.4) is 0 Å². The third kappa shape index (κ3) is 3.51. The summed E-state index contributed by atoms with van der Waals surface area (Å²) in [6, 6.07) is 25.1. The Kier molecular flexibility index (Phi) is 4.64. The molecule has 0 saturated carbocycles. The molecule has 4 aromatic rings. The molecule has 31 heavy (non-hydrogen) atoms. The number of nitrogens with zero attached hydrogens (tertiary/aromatic N) is 2. The molecule has 0 spiro atoms. The first-order valence-corrected chi connectivity index (χ1v) is 9.74. The third-order valence-electron chi connectivity index (χ3n) is 5.16. The van der Waals surface area contributed by atoms with Crippen molar-refractivity contribution >= 4 is 34.3 Å². The summed E-state index contributed by atoms with van der Waals surface area (Å²) in [5, 5.41) is 2.06. The van der Waals surface area contributed by atoms with Crippen molar-refractivity contribution in [3.63, 3.8) is 0 Å². The van der Waals surface area contributed by atoms with Crippen LogP contribution in [0.25, 0.3) is 16.8 Å². The average Bonchev–Trinajstić information content (AvgIpc) is 3.11. The van der Waals surface area contributed by atoms with E-state index in [1.165, 1.54) is 41.3 Å². The van der Waals surface area contributed by atoms with Gasteiger partial charge in [0.05, 0.1) is 5.69 Å². The van der Waals surface area contributed by atoms with Crippen LogP contribution >= 0.6 is 0 Å². The lowest BCUT2D eigenvalue weighted by Crippen LogP contribution is -2.32. The van der Waals surface area contributed by atoms with Crippen molar-refractivity contribution in [2.75, 3.05) is 4.90 Å². The van der Waals surface area contributed by atoms with Crippen LogP contribution in [0.15, 0.2) is 102 Å². The van der Waals surface area contributed by atoms with E-state index in [0.717, 1.165) is 16.3 Å². The lowest BCUT2D eigenvalue weighted by Gasteiger charge is -2.18. The van der Waals surface area contributed by atoms with E-state index in [9.17, 15) is 13.6 Å². The standard InChI is InChI=1S/C26H16F2N2O/c27-20-10-8-18(9-11-20)25-29-24(26(31)30(25)22-14-12-21(28)13-15-22)16-19-6-3-5-17-4-1-2-7-23(17)19/h1-16H/b24-16+. The monoisotopic (exact) mass is 410 g/mol. The number of fused-ring (bicyclic) bond motifs is 1. The maximum Gasteiger partial charge on any atom is 0.282 e. The van der Waals surface area contributed by atoms with Gasteiger partial charge in [0.1, 0.15) is 23.2 Å². The summed E-state index contributed by atoms with van der Waals surface area (Å²) in [5.41, 5.74) is 2.18. The number of amidine groups is 1. The second-order valence-corrected chi connectivity index (χ2v) is 7.16. The summed E-state index contributed by atoms with van der Waals surface area (Å²) in [5.74, 6) is -0.752. The normalized spacial score (nSPS) is 15.0. The molecule has 5 heteroatoms. The Bertz CT molecular complexity index is 1350. The van der Waals surface area contributed by atoms with Gasteiger partial charge in [0.15, 0.2) is 0 Å². The quantitative estimate of drug-likeness (QED) is 0.384. The largest absolute Gasteiger partial charge is 0.282 e. The van der Waals surface area contributed by atoms with Gasteiger partial charge in [-0.3, -0.25) is 9.69 Å². The molecule has 0 unspecified atom stereocenters. The van der Waals surface area contributed by atoms with Crippen molar-refractivity contribution in [3.05, 3.63) is 119 Å². The van der Waals surface area contributed by atoms with Crippen LogP contribution in [0, 0.1) is 11.6 Å². The molecule has 0 N–H and O–H groups in total. The van der Waals surface area contributed by atoms with Crippen molar-refractivity contribution in [1.29, 1.82) is 0 Å². The number of aliphatic imine (C=N–C) groups is 1. The summed E-state index contributed by atoms with van der Waals surface area (Å²) in [7, 11) is 0. The molecule has 4 aromatic carbocycles. The summed E-state index contributed by atoms with van der Waals surface area (Å²) >= 11 is 0. The number of hydrogen-bond acceptors (Lipinski definition) is 2. The second-order valence-electron chi connectivity index (χ2n) is 7.16. The number of halogens is 2. The zero-order valence-electron chi connectivity index (χ0n) is 16.3. The fraction of sp³-hybridized carbons (Fsp3) is 0. The van der Waals surface area contributed by atoms with Crippen molar-refractivity contribution < 1.29 is 13.6 Å². The Hall–Kier alpha value is -4.12. The van der Waals surface area contributed by atoms with Gasteiger partial charge in [0.2, 0.25) is 0 Å². The topological polar surface area (TPSA) is 32.7 Å². The molecular weight excluding hydrogens is 394 g/mol. The number of anilines is 1. The molecule has 0 fully saturated rings. The Morgan fingerprint density at radius 1 is 0.742 bits per heavy atom. The minimum Gasteiger partial charge on any atom is -0.266 e. The predicted octanol–water partition coefficient (Wildman–Crippen LogP) is 5.95. The van der Waals surface area contributed by atoms with E-state index in [2.05, 4.69) is 4.99 Å². The predicted molar refractivity (Wildman–Crippen MR) is 119 cm³/mol. The Balaban J connectivity index is 1.66. The maximum absolute atomic E-state index is 13.5. The first-order valence-electron chi connectivity index (χ1n) is 9.74. The van der Waals surface area contributed by atoms with Crippen molar-refractivity contribution in [3.8, 4) is 0 Å². The van der Waals surface area contributed by atoms with Crippen molar-refractivity contribution in [2.45, 2.75) is 0 Å². The van der Waals surface area contributed by atoms with Gasteiger partial charge in [-0.15, -0.1) is 0 Å². The van der Waals surface area contributed by atoms with Gasteiger partial charge >= 0.3 is 0 Å². The molecule has 1 aliphatic rings. The Labute approximate surface area is 177 Å². The number of carbonyl (C=O) groups excluding carboxylic acids is 1. The molecule has 0 aromatic heterocycles. The van der Waals surface area contributed by atoms with Crippen LogP contribution in [-0.4, -0.2) is 11.7 Å². The zero-order chi connectivity index (χ0) is 21.4. The van der Waals surface area contributed by atoms with E-state index in [0.29, 0.717) is 17.1 Å². The van der Waals surface area contributed by atoms with Crippen LogP contribution in [0.4, 0.5) is 14.5 Å². The molecular formula is C26H16F2N2O. The van der Waals surface area contributed by atoms with Gasteiger partial charge in [-0.05, 0) is 70.9 Å². The molecule has 5 rings (SSSR count). The van der Waals surface area contributed by atoms with Crippen molar-refractivity contribution in [1.82, 2.24) is 0 Å². The molecule has 1 aliphatic heterocycles. The summed E-state index contributed by atoms with van der Waals surface area (Å²) in [6.45, 7) is 0. The summed E-state index contributed by atoms with van der Waals surface area (Å²) < 4.78 is 26.9. The molecule has 3 nitrogen and oxygen atoms in total. The van der Waals surface area contributed by atoms with Gasteiger partial charge in [-0.25, -0.2) is 13.8 Å². The van der Waals surface area contributed by atoms with Gasteiger partial charge in [0.25, 0.3) is 5.91 Å². The molecule has 0 saturated heterocycles. The fourth-order valence-electron chi connectivity index (χ4n) is 3.66. The number of rotatable bonds is 3. The first kappa shape index (κ1) is 18.9. The molecule has 0 atom stereocenters. The summed E-state index contributed by atoms with van der Waals surface area (Å²) in [6.07, 6.45) is 1.75. The summed E-state index contributed by atoms with van der Waals surface area (Å²) in [4.78, 5) is 19.4. The van der Waals surface area contributed by atoms with E-state index in [1.54, 1.807) is 18.2 Å². The highest BCUT2D eigenvalue weighted by atomic mass is 19.1. The minimum atomic E-state index is -0.401. The minimum absolute atomic E-state index is 0.250. The first-order chi connectivity index (χ1) is 15.1. The smallest absolute Gasteiger partial charge is 0.266 e. The zero-order valence-corrected chi connectivity index (χ0v) is 16.3. The maximum atomic E-state index is 13.5. The number of hydrogen-bond donors (Lipinski definition) is 0. The Morgan fingerprint density at radius 3 is 2.13 bits per heavy atom. The van der Waals surface area contributed by atoms with Crippen LogP contribution in [0.1, 0.15) is 11.1 Å². The number of amides is 1. The Morgan fingerprint density at radius 2 is 1.39 bits per heavy atom. The molecule has 1 amide bonds. The highest BCUT2D eigenvalue weighted by Gasteiger charge is 2.32. The third-order valence-corrected chi connectivity index (χ3v) is 5.16. The fourth-order valence-corrected chi connectivity index (χ4v) is 3.66. The second kappa shape index (κ2) is 7.61. The van der Waals surface area contributed by atoms with E-state index >= 15 is 0 Å². The van der Waals surface area contributed by atoms with E-state index in [4.69, 9.17) is 0 Å². The highest BCUT2D eigenvalue weighted by molar-refractivity contribution is 6.33. The highest BCUT2D eigenvalue weighted by Crippen LogP contribution is 2.29. The van der Waals surface area contributed by atoms with Gasteiger partial charge in [-0.2, -0.15) is 0 Å². The molecule has 1 heterocycles. The number of carbonyl (C=O) groups is 1. The SMILES string of the molecule is O=C1/C(=C\c2cccc3ccccc23)N=C(c2ccc(F)cc2)N1c1ccc(F)cc1. The van der Waals surface area contributed by atoms with E-state index in [-0.39, 0.29) is 17.4 Å². The van der Waals surface area contributed by atoms with Crippen LogP contribution in [0.5, 0.6) is 0 Å². The van der Waals surface area contributed by atoms with Gasteiger partial charge < -0.3 is 0 Å². The molecule has 150 valence electrons. The van der Waals surface area contributed by atoms with E-state index in [1.807, 2.05) is 42.5 Å². The van der Waals surface area contributed by atoms with E-state index < -0.39 is 5.82 Å². The van der Waals surface area contributed by atoms with Gasteiger partial charge in [0, 0.05) is 5.56 Å². The molecule has 0 radical (unpaired) electrons. The number of benzene rings is 4. The molecule has 0 aliphatic carbocycles. The van der Waals surface area contributed by atoms with Crippen LogP contribution in [0.2, 0.25) is 0 Å². The lowest BCUT2D eigenvalue weighted by molar-refractivity contribution is -0.113. The molecule has 0 bridgehead atoms. The average molecular weight is 410 g/mol.